The Morgan fingerprint density at radius 3 is 0.620 bits per heavy atom. The lowest BCUT2D eigenvalue weighted by atomic mass is 9.99. The molecule has 0 N–H and O–H groups in total. The molecule has 0 saturated carbocycles. The highest BCUT2D eigenvalue weighted by molar-refractivity contribution is 5.23. The van der Waals surface area contributed by atoms with E-state index < -0.39 is 0 Å². The molecule has 0 aliphatic rings. The van der Waals surface area contributed by atoms with E-state index in [1.807, 2.05) is 0 Å². The van der Waals surface area contributed by atoms with E-state index in [1.54, 1.807) is 11.1 Å². The summed E-state index contributed by atoms with van der Waals surface area (Å²) in [5, 5.41) is 0. The van der Waals surface area contributed by atoms with Crippen molar-refractivity contribution >= 4 is 0 Å². The summed E-state index contributed by atoms with van der Waals surface area (Å²) >= 11 is 0. The van der Waals surface area contributed by atoms with Crippen LogP contribution in [0, 0.1) is 0 Å². The van der Waals surface area contributed by atoms with Crippen LogP contribution < -0.4 is 0 Å². The Bertz CT molecular complexity index is 689. The summed E-state index contributed by atoms with van der Waals surface area (Å²) in [6, 6.07) is 9.58. The van der Waals surface area contributed by atoms with Gasteiger partial charge in [0, 0.05) is 0 Å². The molecule has 0 bridgehead atoms. The molecule has 50 heavy (non-hydrogen) atoms. The van der Waals surface area contributed by atoms with E-state index in [2.05, 4.69) is 38.1 Å². The molecule has 0 aromatic heterocycles. The highest BCUT2D eigenvalue weighted by atomic mass is 14.1. The van der Waals surface area contributed by atoms with E-state index in [4.69, 9.17) is 0 Å². The molecule has 0 spiro atoms. The van der Waals surface area contributed by atoms with Crippen molar-refractivity contribution < 1.29 is 0 Å². The molecule has 0 heteroatoms. The van der Waals surface area contributed by atoms with Gasteiger partial charge in [0.1, 0.15) is 0 Å². The fraction of sp³-hybridized carbons (Fsp3) is 0.880. The predicted octanol–water partition coefficient (Wildman–Crippen LogP) is 18.4. The monoisotopic (exact) mass is 695 g/mol. The lowest BCUT2D eigenvalue weighted by Gasteiger charge is -2.07. The third-order valence-electron chi connectivity index (χ3n) is 11.6. The second-order valence-electron chi connectivity index (χ2n) is 16.8. The standard InChI is InChI=1S/C50H94/c1-3-5-7-9-11-13-15-17-19-21-23-25-27-29-31-33-35-37-39-41-44-49-46-43-47-50(48-49)45-42-40-38-36-34-32-30-28-26-24-22-20-18-16-14-12-10-8-6-4-2/h43,46-48H,3-42,44-45H2,1-2H3. The first-order valence-corrected chi connectivity index (χ1v) is 23.9. The second-order valence-corrected chi connectivity index (χ2v) is 16.8. The Morgan fingerprint density at radius 1 is 0.240 bits per heavy atom. The summed E-state index contributed by atoms with van der Waals surface area (Å²) in [7, 11) is 0. The number of unbranched alkanes of at least 4 members (excludes halogenated alkanes) is 38. The Morgan fingerprint density at radius 2 is 0.420 bits per heavy atom. The molecule has 1 rings (SSSR count). The predicted molar refractivity (Wildman–Crippen MR) is 230 cm³/mol. The van der Waals surface area contributed by atoms with Crippen LogP contribution in [0.15, 0.2) is 24.3 Å². The third-order valence-corrected chi connectivity index (χ3v) is 11.6. The lowest BCUT2D eigenvalue weighted by molar-refractivity contribution is 0.521. The zero-order valence-electron chi connectivity index (χ0n) is 35.0. The van der Waals surface area contributed by atoms with Gasteiger partial charge in [-0.15, -0.1) is 0 Å². The number of hydrogen-bond acceptors (Lipinski definition) is 0. The summed E-state index contributed by atoms with van der Waals surface area (Å²) in [5.74, 6) is 0. The summed E-state index contributed by atoms with van der Waals surface area (Å²) in [6.07, 6.45) is 61.0. The van der Waals surface area contributed by atoms with E-state index in [0.29, 0.717) is 0 Å². The van der Waals surface area contributed by atoms with Crippen molar-refractivity contribution in [2.45, 2.75) is 284 Å². The average molecular weight is 695 g/mol. The van der Waals surface area contributed by atoms with E-state index in [-0.39, 0.29) is 0 Å². The van der Waals surface area contributed by atoms with Crippen LogP contribution in [0.4, 0.5) is 0 Å². The zero-order valence-corrected chi connectivity index (χ0v) is 35.0. The highest BCUT2D eigenvalue weighted by Crippen LogP contribution is 2.18. The maximum Gasteiger partial charge on any atom is -0.0279 e. The van der Waals surface area contributed by atoms with Gasteiger partial charge in [0.15, 0.2) is 0 Å². The minimum atomic E-state index is 1.28. The van der Waals surface area contributed by atoms with Gasteiger partial charge in [-0.25, -0.2) is 0 Å². The van der Waals surface area contributed by atoms with Crippen LogP contribution in [0.2, 0.25) is 0 Å². The maximum atomic E-state index is 2.52. The topological polar surface area (TPSA) is 0 Å². The maximum absolute atomic E-state index is 2.52. The van der Waals surface area contributed by atoms with Crippen molar-refractivity contribution in [3.8, 4) is 0 Å². The summed E-state index contributed by atoms with van der Waals surface area (Å²) in [4.78, 5) is 0. The van der Waals surface area contributed by atoms with Crippen molar-refractivity contribution in [1.82, 2.24) is 0 Å². The van der Waals surface area contributed by atoms with E-state index >= 15 is 0 Å². The van der Waals surface area contributed by atoms with E-state index in [0.717, 1.165) is 0 Å². The second kappa shape index (κ2) is 41.0. The zero-order chi connectivity index (χ0) is 35.7. The molecule has 0 radical (unpaired) electrons. The molecule has 0 amide bonds. The van der Waals surface area contributed by atoms with Crippen LogP contribution in [-0.2, 0) is 12.8 Å². The van der Waals surface area contributed by atoms with Crippen molar-refractivity contribution in [1.29, 1.82) is 0 Å². The number of rotatable bonds is 42. The molecular formula is C50H94. The minimum Gasteiger partial charge on any atom is -0.0654 e. The first-order chi connectivity index (χ1) is 24.9. The molecule has 0 saturated heterocycles. The smallest absolute Gasteiger partial charge is 0.0279 e. The van der Waals surface area contributed by atoms with Crippen LogP contribution >= 0.6 is 0 Å². The first-order valence-electron chi connectivity index (χ1n) is 23.9. The molecule has 0 aliphatic carbocycles. The summed E-state index contributed by atoms with van der Waals surface area (Å²) in [6.45, 7) is 4.62. The fourth-order valence-corrected chi connectivity index (χ4v) is 8.11. The summed E-state index contributed by atoms with van der Waals surface area (Å²) in [5.41, 5.74) is 3.16. The minimum absolute atomic E-state index is 1.28. The number of hydrogen-bond donors (Lipinski definition) is 0. The molecule has 0 atom stereocenters. The normalized spacial score (nSPS) is 11.6. The Labute approximate surface area is 317 Å². The lowest BCUT2D eigenvalue weighted by Crippen LogP contribution is -1.91. The molecule has 0 heterocycles. The molecule has 0 unspecified atom stereocenters. The number of aryl methyl sites for hydroxylation is 2. The Balaban J connectivity index is 1.80. The van der Waals surface area contributed by atoms with Gasteiger partial charge in [0.2, 0.25) is 0 Å². The van der Waals surface area contributed by atoms with Gasteiger partial charge in [-0.1, -0.05) is 282 Å². The third kappa shape index (κ3) is 35.6. The average Bonchev–Trinajstić information content (AvgIpc) is 3.13. The van der Waals surface area contributed by atoms with Gasteiger partial charge in [0.05, 0.1) is 0 Å². The van der Waals surface area contributed by atoms with Crippen molar-refractivity contribution in [3.63, 3.8) is 0 Å². The van der Waals surface area contributed by atoms with Crippen molar-refractivity contribution in [3.05, 3.63) is 35.4 Å². The van der Waals surface area contributed by atoms with Crippen LogP contribution in [-0.4, -0.2) is 0 Å². The van der Waals surface area contributed by atoms with E-state index in [9.17, 15) is 0 Å². The molecule has 1 aromatic carbocycles. The van der Waals surface area contributed by atoms with Gasteiger partial charge in [-0.05, 0) is 36.8 Å². The molecule has 0 aliphatic heterocycles. The van der Waals surface area contributed by atoms with Gasteiger partial charge in [0.25, 0.3) is 0 Å². The fourth-order valence-electron chi connectivity index (χ4n) is 8.11. The molecule has 0 nitrogen and oxygen atoms in total. The van der Waals surface area contributed by atoms with Crippen molar-refractivity contribution in [2.75, 3.05) is 0 Å². The number of benzene rings is 1. The Hall–Kier alpha value is -0.780. The van der Waals surface area contributed by atoms with Crippen LogP contribution in [0.3, 0.4) is 0 Å². The summed E-state index contributed by atoms with van der Waals surface area (Å²) < 4.78 is 0. The van der Waals surface area contributed by atoms with Crippen molar-refractivity contribution in [2.24, 2.45) is 0 Å². The quantitative estimate of drug-likeness (QED) is 0.0598. The van der Waals surface area contributed by atoms with Crippen LogP contribution in [0.5, 0.6) is 0 Å². The van der Waals surface area contributed by atoms with Gasteiger partial charge in [-0.2, -0.15) is 0 Å². The van der Waals surface area contributed by atoms with Crippen LogP contribution in [0.25, 0.3) is 0 Å². The molecule has 0 fully saturated rings. The van der Waals surface area contributed by atoms with Crippen LogP contribution in [0.1, 0.15) is 282 Å². The molecular weight excluding hydrogens is 601 g/mol. The largest absolute Gasteiger partial charge is 0.0654 e. The SMILES string of the molecule is CCCCCCCCCCCCCCCCCCCCCCc1cccc(CCCCCCCCCCCCCCCCCCCCCC)c1. The van der Waals surface area contributed by atoms with Gasteiger partial charge in [-0.3, -0.25) is 0 Å². The first kappa shape index (κ1) is 47.2. The molecule has 294 valence electrons. The Kier molecular flexibility index (Phi) is 38.7. The molecule has 1 aromatic rings. The van der Waals surface area contributed by atoms with Gasteiger partial charge < -0.3 is 0 Å². The highest BCUT2D eigenvalue weighted by Gasteiger charge is 2.00. The van der Waals surface area contributed by atoms with Gasteiger partial charge >= 0.3 is 0 Å². The van der Waals surface area contributed by atoms with E-state index in [1.165, 1.54) is 270 Å².